The summed E-state index contributed by atoms with van der Waals surface area (Å²) in [6.07, 6.45) is 8.22. The lowest BCUT2D eigenvalue weighted by atomic mass is 10.0. The first kappa shape index (κ1) is 14.6. The topological polar surface area (TPSA) is 37.4 Å². The molecule has 0 N–H and O–H groups in total. The number of rotatable bonds is 4. The lowest BCUT2D eigenvalue weighted by Gasteiger charge is -2.33. The molecule has 0 aromatic heterocycles. The van der Waals surface area contributed by atoms with Crippen LogP contribution in [-0.2, 0) is 10.0 Å². The van der Waals surface area contributed by atoms with Crippen LogP contribution in [0.3, 0.4) is 0 Å². The van der Waals surface area contributed by atoms with E-state index in [9.17, 15) is 8.42 Å². The molecule has 0 fully saturated rings. The Morgan fingerprint density at radius 1 is 1.37 bits per heavy atom. The fourth-order valence-corrected chi connectivity index (χ4v) is 3.90. The molecule has 1 aromatic carbocycles. The van der Waals surface area contributed by atoms with E-state index in [1.807, 2.05) is 30.4 Å². The summed E-state index contributed by atoms with van der Waals surface area (Å²) < 4.78 is 26.7. The van der Waals surface area contributed by atoms with Gasteiger partial charge in [-0.15, -0.1) is 0 Å². The lowest BCUT2D eigenvalue weighted by molar-refractivity contribution is 0.579. The van der Waals surface area contributed by atoms with Gasteiger partial charge in [0.1, 0.15) is 0 Å². The van der Waals surface area contributed by atoms with Gasteiger partial charge in [-0.25, -0.2) is 8.42 Å². The third-order valence-electron chi connectivity index (χ3n) is 3.24. The van der Waals surface area contributed by atoms with Gasteiger partial charge in [0.15, 0.2) is 0 Å². The molecule has 0 bridgehead atoms. The molecule has 0 spiro atoms. The van der Waals surface area contributed by atoms with Gasteiger partial charge in [-0.05, 0) is 24.1 Å². The van der Waals surface area contributed by atoms with Crippen LogP contribution >= 0.6 is 15.9 Å². The smallest absolute Gasteiger partial charge is 0.232 e. The van der Waals surface area contributed by atoms with Gasteiger partial charge < -0.3 is 0 Å². The number of sulfonamides is 1. The fraction of sp³-hybridized carbons (Fsp3) is 0.429. The summed E-state index contributed by atoms with van der Waals surface area (Å²) in [6.45, 7) is 2.11. The van der Waals surface area contributed by atoms with Crippen molar-refractivity contribution in [2.75, 3.05) is 10.6 Å². The summed E-state index contributed by atoms with van der Waals surface area (Å²) >= 11 is 3.41. The fourth-order valence-electron chi connectivity index (χ4n) is 2.37. The minimum atomic E-state index is -3.27. The van der Waals surface area contributed by atoms with Crippen LogP contribution in [0, 0.1) is 0 Å². The first-order valence-corrected chi connectivity index (χ1v) is 9.04. The molecule has 1 atom stereocenters. The summed E-state index contributed by atoms with van der Waals surface area (Å²) in [5.74, 6) is 0. The van der Waals surface area contributed by atoms with E-state index in [1.54, 1.807) is 4.31 Å². The highest BCUT2D eigenvalue weighted by molar-refractivity contribution is 9.10. The van der Waals surface area contributed by atoms with E-state index in [0.29, 0.717) is 0 Å². The van der Waals surface area contributed by atoms with Gasteiger partial charge in [-0.3, -0.25) is 4.31 Å². The maximum absolute atomic E-state index is 12.1. The average molecular weight is 344 g/mol. The number of benzene rings is 1. The number of halogens is 1. The third kappa shape index (κ3) is 3.20. The number of nitrogens with zero attached hydrogens (tertiary/aromatic N) is 1. The Labute approximate surface area is 123 Å². The molecule has 2 rings (SSSR count). The van der Waals surface area contributed by atoms with Gasteiger partial charge in [-0.1, -0.05) is 53.9 Å². The van der Waals surface area contributed by atoms with Crippen molar-refractivity contribution in [2.45, 2.75) is 32.2 Å². The van der Waals surface area contributed by atoms with E-state index >= 15 is 0 Å². The summed E-state index contributed by atoms with van der Waals surface area (Å²) in [6, 6.07) is 5.66. The van der Waals surface area contributed by atoms with Crippen LogP contribution < -0.4 is 4.31 Å². The summed E-state index contributed by atoms with van der Waals surface area (Å²) in [7, 11) is -3.27. The second-order valence-corrected chi connectivity index (χ2v) is 7.61. The third-order valence-corrected chi connectivity index (χ3v) is 4.92. The predicted octanol–water partition coefficient (Wildman–Crippen LogP) is 3.80. The summed E-state index contributed by atoms with van der Waals surface area (Å²) in [5.41, 5.74) is 1.71. The molecule has 5 heteroatoms. The molecular weight excluding hydrogens is 326 g/mol. The summed E-state index contributed by atoms with van der Waals surface area (Å²) in [5, 5.41) is 0. The molecule has 3 nitrogen and oxygen atoms in total. The van der Waals surface area contributed by atoms with Crippen LogP contribution in [0.4, 0.5) is 5.69 Å². The van der Waals surface area contributed by atoms with Crippen LogP contribution in [0.2, 0.25) is 0 Å². The minimum Gasteiger partial charge on any atom is -0.263 e. The van der Waals surface area contributed by atoms with Gasteiger partial charge in [0.25, 0.3) is 0 Å². The van der Waals surface area contributed by atoms with Crippen molar-refractivity contribution in [3.05, 3.63) is 34.3 Å². The van der Waals surface area contributed by atoms with Crippen LogP contribution in [-0.4, -0.2) is 20.7 Å². The molecule has 1 aliphatic rings. The Kier molecular flexibility index (Phi) is 4.36. The second-order valence-electron chi connectivity index (χ2n) is 4.83. The normalized spacial score (nSPS) is 18.5. The van der Waals surface area contributed by atoms with E-state index in [4.69, 9.17) is 0 Å². The van der Waals surface area contributed by atoms with Gasteiger partial charge in [0, 0.05) is 4.47 Å². The first-order valence-electron chi connectivity index (χ1n) is 6.40. The Hall–Kier alpha value is -0.810. The average Bonchev–Trinajstić information content (AvgIpc) is 2.33. The Morgan fingerprint density at radius 2 is 2.11 bits per heavy atom. The highest BCUT2D eigenvalue weighted by atomic mass is 79.9. The highest BCUT2D eigenvalue weighted by Gasteiger charge is 2.29. The SMILES string of the molecule is CCCCC1C=Cc2ccc(Br)cc2N1S(C)(=O)=O. The number of hydrogen-bond donors (Lipinski definition) is 0. The van der Waals surface area contributed by atoms with Crippen LogP contribution in [0.25, 0.3) is 6.08 Å². The maximum atomic E-state index is 12.1. The molecule has 1 heterocycles. The van der Waals surface area contributed by atoms with Crippen LogP contribution in [0.1, 0.15) is 31.7 Å². The van der Waals surface area contributed by atoms with Crippen molar-refractivity contribution in [1.29, 1.82) is 0 Å². The van der Waals surface area contributed by atoms with Crippen LogP contribution in [0.15, 0.2) is 28.7 Å². The molecule has 0 amide bonds. The number of hydrogen-bond acceptors (Lipinski definition) is 2. The van der Waals surface area contributed by atoms with E-state index in [-0.39, 0.29) is 6.04 Å². The molecule has 1 aromatic rings. The highest BCUT2D eigenvalue weighted by Crippen LogP contribution is 2.34. The number of unbranched alkanes of at least 4 members (excludes halogenated alkanes) is 1. The number of anilines is 1. The van der Waals surface area contributed by atoms with Crippen molar-refractivity contribution in [2.24, 2.45) is 0 Å². The molecule has 1 aliphatic heterocycles. The molecule has 0 saturated carbocycles. The van der Waals surface area contributed by atoms with Crippen molar-refractivity contribution < 1.29 is 8.42 Å². The van der Waals surface area contributed by atoms with Crippen molar-refractivity contribution in [3.8, 4) is 0 Å². The van der Waals surface area contributed by atoms with Crippen molar-refractivity contribution in [3.63, 3.8) is 0 Å². The summed E-state index contributed by atoms with van der Waals surface area (Å²) in [4.78, 5) is 0. The second kappa shape index (κ2) is 5.67. The van der Waals surface area contributed by atoms with E-state index in [2.05, 4.69) is 22.9 Å². The van der Waals surface area contributed by atoms with E-state index in [1.165, 1.54) is 6.26 Å². The molecule has 19 heavy (non-hydrogen) atoms. The first-order chi connectivity index (χ1) is 8.93. The zero-order chi connectivity index (χ0) is 14.0. The monoisotopic (exact) mass is 343 g/mol. The standard InChI is InChI=1S/C14H18BrNO2S/c1-3-4-5-13-9-7-11-6-8-12(15)10-14(11)16(13)19(2,17)18/h6-10,13H,3-5H2,1-2H3. The van der Waals surface area contributed by atoms with E-state index in [0.717, 1.165) is 35.0 Å². The molecule has 0 saturated heterocycles. The Bertz CT molecular complexity index is 595. The largest absolute Gasteiger partial charge is 0.263 e. The zero-order valence-corrected chi connectivity index (χ0v) is 13.5. The molecule has 1 unspecified atom stereocenters. The van der Waals surface area contributed by atoms with Crippen molar-refractivity contribution in [1.82, 2.24) is 0 Å². The molecule has 0 aliphatic carbocycles. The van der Waals surface area contributed by atoms with Gasteiger partial charge >= 0.3 is 0 Å². The Morgan fingerprint density at radius 3 is 2.74 bits per heavy atom. The maximum Gasteiger partial charge on any atom is 0.232 e. The molecule has 104 valence electrons. The molecule has 0 radical (unpaired) electrons. The number of fused-ring (bicyclic) bond motifs is 1. The lowest BCUT2D eigenvalue weighted by Crippen LogP contribution is -2.40. The van der Waals surface area contributed by atoms with Gasteiger partial charge in [0.05, 0.1) is 18.0 Å². The molecular formula is C14H18BrNO2S. The van der Waals surface area contributed by atoms with Gasteiger partial charge in [0.2, 0.25) is 10.0 Å². The Balaban J connectivity index is 2.47. The zero-order valence-electron chi connectivity index (χ0n) is 11.1. The van der Waals surface area contributed by atoms with Crippen molar-refractivity contribution >= 4 is 37.7 Å². The van der Waals surface area contributed by atoms with E-state index < -0.39 is 10.0 Å². The van der Waals surface area contributed by atoms with Gasteiger partial charge in [-0.2, -0.15) is 0 Å². The van der Waals surface area contributed by atoms with Crippen LogP contribution in [0.5, 0.6) is 0 Å². The quantitative estimate of drug-likeness (QED) is 0.833. The predicted molar refractivity (Wildman–Crippen MR) is 83.8 cm³/mol. The minimum absolute atomic E-state index is 0.0725.